The molecule has 1 aliphatic rings. The maximum absolute atomic E-state index is 12.7. The molecule has 3 aromatic rings. The van der Waals surface area contributed by atoms with E-state index in [0.717, 1.165) is 62.9 Å². The second-order valence-corrected chi connectivity index (χ2v) is 11.4. The first-order valence-electron chi connectivity index (χ1n) is 16.2. The number of rotatable bonds is 6. The number of ether oxygens (including phenoxy) is 3. The minimum absolute atomic E-state index is 0.0628. The molecule has 7 heteroatoms. The predicted molar refractivity (Wildman–Crippen MR) is 185 cm³/mol. The fourth-order valence-corrected chi connectivity index (χ4v) is 4.95. The van der Waals surface area contributed by atoms with E-state index >= 15 is 0 Å². The highest BCUT2D eigenvalue weighted by Crippen LogP contribution is 2.29. The number of aryl methyl sites for hydroxylation is 3. The lowest BCUT2D eigenvalue weighted by Gasteiger charge is -2.25. The SMILES string of the molecule is C=O.CCc1ccc(-c2ccc3c(c2)CCCCCN(C(=O)OC(C)CC(C)C)CCO3)cc1.CCc1ccccn1.COC. The topological polar surface area (TPSA) is 78.0 Å². The first-order valence-corrected chi connectivity index (χ1v) is 16.2. The third kappa shape index (κ3) is 15.7. The minimum Gasteiger partial charge on any atom is -0.491 e. The molecule has 2 heterocycles. The summed E-state index contributed by atoms with van der Waals surface area (Å²) in [5.74, 6) is 1.44. The van der Waals surface area contributed by atoms with Crippen molar-refractivity contribution in [2.75, 3.05) is 33.9 Å². The van der Waals surface area contributed by atoms with Crippen LogP contribution in [0.2, 0.25) is 0 Å². The molecule has 1 unspecified atom stereocenters. The van der Waals surface area contributed by atoms with Crippen molar-refractivity contribution in [3.05, 3.63) is 83.7 Å². The maximum Gasteiger partial charge on any atom is 0.410 e. The van der Waals surface area contributed by atoms with Crippen molar-refractivity contribution in [3.8, 4) is 16.9 Å². The predicted octanol–water partition coefficient (Wildman–Crippen LogP) is 8.62. The normalized spacial score (nSPS) is 13.5. The van der Waals surface area contributed by atoms with Gasteiger partial charge in [-0.05, 0) is 97.9 Å². The van der Waals surface area contributed by atoms with Crippen LogP contribution in [-0.2, 0) is 33.5 Å². The van der Waals surface area contributed by atoms with Crippen molar-refractivity contribution >= 4 is 12.9 Å². The van der Waals surface area contributed by atoms with E-state index in [1.54, 1.807) is 14.2 Å². The van der Waals surface area contributed by atoms with Crippen LogP contribution in [0.1, 0.15) is 77.1 Å². The molecule has 45 heavy (non-hydrogen) atoms. The Labute approximate surface area is 272 Å². The van der Waals surface area contributed by atoms with Crippen LogP contribution in [0, 0.1) is 5.92 Å². The Bertz CT molecular complexity index is 1180. The van der Waals surface area contributed by atoms with Crippen LogP contribution in [0.5, 0.6) is 5.75 Å². The molecule has 1 amide bonds. The summed E-state index contributed by atoms with van der Waals surface area (Å²) < 4.78 is 16.1. The highest BCUT2D eigenvalue weighted by molar-refractivity contribution is 5.68. The number of aromatic nitrogens is 1. The number of amides is 1. The third-order valence-electron chi connectivity index (χ3n) is 7.20. The number of pyridine rings is 1. The second-order valence-electron chi connectivity index (χ2n) is 11.4. The Kier molecular flexibility index (Phi) is 20.7. The van der Waals surface area contributed by atoms with Crippen molar-refractivity contribution in [1.82, 2.24) is 9.88 Å². The van der Waals surface area contributed by atoms with E-state index in [-0.39, 0.29) is 12.2 Å². The number of fused-ring (bicyclic) bond motifs is 1. The number of benzene rings is 2. The average Bonchev–Trinajstić information content (AvgIpc) is 3.10. The molecule has 2 aromatic carbocycles. The molecule has 0 N–H and O–H groups in total. The number of carbonyl (C=O) groups is 2. The molecule has 0 radical (unpaired) electrons. The Morgan fingerprint density at radius 1 is 0.911 bits per heavy atom. The van der Waals surface area contributed by atoms with Crippen LogP contribution in [0.4, 0.5) is 4.79 Å². The van der Waals surface area contributed by atoms with E-state index in [1.807, 2.05) is 43.0 Å². The summed E-state index contributed by atoms with van der Waals surface area (Å²) in [4.78, 5) is 26.6. The molecule has 1 aliphatic heterocycles. The largest absolute Gasteiger partial charge is 0.491 e. The quantitative estimate of drug-likeness (QED) is 0.275. The summed E-state index contributed by atoms with van der Waals surface area (Å²) in [7, 11) is 3.25. The molecular weight excluding hydrogens is 564 g/mol. The zero-order chi connectivity index (χ0) is 33.5. The van der Waals surface area contributed by atoms with Gasteiger partial charge in [-0.1, -0.05) is 70.5 Å². The second kappa shape index (κ2) is 23.6. The molecule has 1 aromatic heterocycles. The molecule has 0 aliphatic carbocycles. The van der Waals surface area contributed by atoms with Crippen LogP contribution in [0.3, 0.4) is 0 Å². The van der Waals surface area contributed by atoms with Gasteiger partial charge >= 0.3 is 6.09 Å². The van der Waals surface area contributed by atoms with Crippen LogP contribution >= 0.6 is 0 Å². The maximum atomic E-state index is 12.7. The molecule has 0 saturated carbocycles. The van der Waals surface area contributed by atoms with Crippen molar-refractivity contribution in [1.29, 1.82) is 0 Å². The van der Waals surface area contributed by atoms with Gasteiger partial charge in [0.1, 0.15) is 25.2 Å². The molecule has 4 rings (SSSR count). The first kappa shape index (κ1) is 39.3. The molecule has 0 spiro atoms. The minimum atomic E-state index is -0.216. The van der Waals surface area contributed by atoms with Crippen molar-refractivity contribution in [2.24, 2.45) is 5.92 Å². The summed E-state index contributed by atoms with van der Waals surface area (Å²) in [6.07, 6.45) is 8.65. The Balaban J connectivity index is 0.000000653. The standard InChI is InChI=1S/C28H39NO3.C7H9N.C2H6O.CH2O/c1-5-23-10-12-24(13-11-23)25-14-15-27-26(20-25)9-7-6-8-16-29(17-18-31-27)28(30)32-22(4)19-21(2)3;1-2-7-5-3-4-6-8-7;1-3-2;1-2/h10-15,20-22H,5-9,16-19H2,1-4H3;3-6H,2H2,1H3;1-2H3;1H2. The van der Waals surface area contributed by atoms with E-state index < -0.39 is 0 Å². The zero-order valence-electron chi connectivity index (χ0n) is 28.7. The number of methoxy groups -OCH3 is 1. The fourth-order valence-electron chi connectivity index (χ4n) is 4.95. The van der Waals surface area contributed by atoms with Gasteiger partial charge in [0.15, 0.2) is 0 Å². The van der Waals surface area contributed by atoms with Gasteiger partial charge in [0.25, 0.3) is 0 Å². The Morgan fingerprint density at radius 3 is 2.18 bits per heavy atom. The van der Waals surface area contributed by atoms with Gasteiger partial charge in [0.05, 0.1) is 6.54 Å². The Morgan fingerprint density at radius 2 is 1.60 bits per heavy atom. The van der Waals surface area contributed by atoms with Crippen molar-refractivity contribution in [3.63, 3.8) is 0 Å². The van der Waals surface area contributed by atoms with Crippen molar-refractivity contribution in [2.45, 2.75) is 85.7 Å². The number of carbonyl (C=O) groups excluding carboxylic acids is 2. The molecule has 0 bridgehead atoms. The van der Waals surface area contributed by atoms with Gasteiger partial charge in [-0.15, -0.1) is 0 Å². The van der Waals surface area contributed by atoms with Crippen LogP contribution in [0.25, 0.3) is 11.1 Å². The number of hydrogen-bond donors (Lipinski definition) is 0. The lowest BCUT2D eigenvalue weighted by atomic mass is 9.98. The van der Waals surface area contributed by atoms with Gasteiger partial charge in [0.2, 0.25) is 0 Å². The molecular formula is C38H56N2O5. The summed E-state index contributed by atoms with van der Waals surface area (Å²) in [5.41, 5.74) is 6.24. The van der Waals surface area contributed by atoms with Gasteiger partial charge in [-0.2, -0.15) is 0 Å². The van der Waals surface area contributed by atoms with Gasteiger partial charge < -0.3 is 23.9 Å². The first-order chi connectivity index (χ1) is 21.8. The molecule has 1 atom stereocenters. The summed E-state index contributed by atoms with van der Waals surface area (Å²) >= 11 is 0. The highest BCUT2D eigenvalue weighted by atomic mass is 16.6. The van der Waals surface area contributed by atoms with E-state index in [9.17, 15) is 4.79 Å². The van der Waals surface area contributed by atoms with Crippen LogP contribution in [-0.4, -0.2) is 62.8 Å². The van der Waals surface area contributed by atoms with E-state index in [4.69, 9.17) is 14.3 Å². The van der Waals surface area contributed by atoms with Crippen LogP contribution < -0.4 is 4.74 Å². The number of hydrogen-bond acceptors (Lipinski definition) is 6. The van der Waals surface area contributed by atoms with Crippen molar-refractivity contribution < 1.29 is 23.8 Å². The summed E-state index contributed by atoms with van der Waals surface area (Å²) in [5, 5.41) is 0. The lowest BCUT2D eigenvalue weighted by Crippen LogP contribution is -2.37. The molecule has 0 fully saturated rings. The third-order valence-corrected chi connectivity index (χ3v) is 7.20. The molecule has 0 saturated heterocycles. The summed E-state index contributed by atoms with van der Waals surface area (Å²) in [6.45, 7) is 14.3. The lowest BCUT2D eigenvalue weighted by molar-refractivity contribution is -0.0980. The average molecular weight is 621 g/mol. The zero-order valence-corrected chi connectivity index (χ0v) is 28.7. The molecule has 248 valence electrons. The Hall–Kier alpha value is -3.71. The monoisotopic (exact) mass is 620 g/mol. The van der Waals surface area contributed by atoms with E-state index in [2.05, 4.69) is 79.9 Å². The smallest absolute Gasteiger partial charge is 0.410 e. The summed E-state index contributed by atoms with van der Waals surface area (Å²) in [6, 6.07) is 21.3. The molecule has 7 nitrogen and oxygen atoms in total. The van der Waals surface area contributed by atoms with Gasteiger partial charge in [-0.3, -0.25) is 4.98 Å². The fraction of sp³-hybridized carbons (Fsp3) is 0.500. The van der Waals surface area contributed by atoms with Gasteiger partial charge in [0, 0.05) is 32.7 Å². The van der Waals surface area contributed by atoms with E-state index in [0.29, 0.717) is 19.1 Å². The van der Waals surface area contributed by atoms with E-state index in [1.165, 1.54) is 22.3 Å². The number of nitrogens with zero attached hydrogens (tertiary/aromatic N) is 2. The highest BCUT2D eigenvalue weighted by Gasteiger charge is 2.19. The van der Waals surface area contributed by atoms with Crippen LogP contribution in [0.15, 0.2) is 66.9 Å². The van der Waals surface area contributed by atoms with Gasteiger partial charge in [-0.25, -0.2) is 4.79 Å².